The van der Waals surface area contributed by atoms with Crippen LogP contribution >= 0.6 is 0 Å². The Bertz CT molecular complexity index is 1250. The third kappa shape index (κ3) is 5.33. The summed E-state index contributed by atoms with van der Waals surface area (Å²) >= 11 is 0. The number of fused-ring (bicyclic) bond motifs is 6. The molecule has 0 saturated carbocycles. The smallest absolute Gasteiger partial charge is 0.418 e. The minimum Gasteiger partial charge on any atom is -0.477 e. The molecule has 1 aliphatic heterocycles. The number of nitrogens with one attached hydrogen (secondary N) is 2. The lowest BCUT2D eigenvalue weighted by atomic mass is 10.1. The summed E-state index contributed by atoms with van der Waals surface area (Å²) < 4.78 is 74.8. The molecule has 1 aliphatic rings. The van der Waals surface area contributed by atoms with E-state index in [2.05, 4.69) is 25.0 Å². The zero-order valence-corrected chi connectivity index (χ0v) is 18.1. The molecule has 0 aromatic carbocycles. The van der Waals surface area contributed by atoms with Crippen LogP contribution in [0.2, 0.25) is 0 Å². The number of hydrogen-bond acceptors (Lipinski definition) is 7. The van der Waals surface area contributed by atoms with Gasteiger partial charge in [0.15, 0.2) is 5.03 Å². The Balaban J connectivity index is 1.84. The highest BCUT2D eigenvalue weighted by Crippen LogP contribution is 2.39. The summed E-state index contributed by atoms with van der Waals surface area (Å²) in [4.78, 5) is 12.2. The van der Waals surface area contributed by atoms with Gasteiger partial charge in [0.2, 0.25) is 5.88 Å². The maximum absolute atomic E-state index is 13.7. The highest BCUT2D eigenvalue weighted by molar-refractivity contribution is 7.92. The second kappa shape index (κ2) is 9.22. The van der Waals surface area contributed by atoms with Crippen LogP contribution in [0.15, 0.2) is 53.7 Å². The molecule has 3 aromatic rings. The first-order valence-electron chi connectivity index (χ1n) is 10.1. The van der Waals surface area contributed by atoms with E-state index in [1.807, 2.05) is 0 Å². The average molecular weight is 479 g/mol. The van der Waals surface area contributed by atoms with E-state index >= 15 is 0 Å². The van der Waals surface area contributed by atoms with Crippen molar-refractivity contribution in [3.8, 4) is 17.1 Å². The van der Waals surface area contributed by atoms with Crippen molar-refractivity contribution in [3.05, 3.63) is 54.2 Å². The van der Waals surface area contributed by atoms with E-state index in [9.17, 15) is 21.6 Å². The maximum Gasteiger partial charge on any atom is 0.418 e. The van der Waals surface area contributed by atoms with Crippen LogP contribution in [0.5, 0.6) is 5.88 Å². The Morgan fingerprint density at radius 2 is 1.79 bits per heavy atom. The second-order valence-electron chi connectivity index (χ2n) is 7.25. The van der Waals surface area contributed by atoms with E-state index < -0.39 is 27.5 Å². The van der Waals surface area contributed by atoms with Gasteiger partial charge in [0.25, 0.3) is 10.0 Å². The number of pyridine rings is 3. The van der Waals surface area contributed by atoms with Crippen LogP contribution in [0.4, 0.5) is 24.8 Å². The van der Waals surface area contributed by atoms with Gasteiger partial charge in [-0.25, -0.2) is 15.0 Å². The predicted molar refractivity (Wildman–Crippen MR) is 115 cm³/mol. The van der Waals surface area contributed by atoms with Crippen molar-refractivity contribution in [2.45, 2.75) is 30.5 Å². The Morgan fingerprint density at radius 1 is 0.939 bits per heavy atom. The first kappa shape index (κ1) is 22.8. The molecule has 4 rings (SSSR count). The van der Waals surface area contributed by atoms with Gasteiger partial charge >= 0.3 is 6.18 Å². The van der Waals surface area contributed by atoms with Gasteiger partial charge in [0, 0.05) is 12.7 Å². The maximum atomic E-state index is 13.7. The monoisotopic (exact) mass is 479 g/mol. The molecule has 8 nitrogen and oxygen atoms in total. The third-order valence-corrected chi connectivity index (χ3v) is 6.09. The predicted octanol–water partition coefficient (Wildman–Crippen LogP) is 4.33. The summed E-state index contributed by atoms with van der Waals surface area (Å²) in [7, 11) is -4.21. The Hall–Kier alpha value is -3.41. The lowest BCUT2D eigenvalue weighted by Gasteiger charge is -2.16. The molecular weight excluding hydrogens is 459 g/mol. The van der Waals surface area contributed by atoms with Crippen molar-refractivity contribution >= 4 is 21.7 Å². The molecule has 4 heterocycles. The van der Waals surface area contributed by atoms with E-state index in [1.54, 1.807) is 6.07 Å². The van der Waals surface area contributed by atoms with Crippen LogP contribution < -0.4 is 14.8 Å². The summed E-state index contributed by atoms with van der Waals surface area (Å²) in [5.74, 6) is 0.0691. The van der Waals surface area contributed by atoms with Gasteiger partial charge in [-0.1, -0.05) is 6.07 Å². The van der Waals surface area contributed by atoms with Gasteiger partial charge in [-0.3, -0.25) is 4.72 Å². The van der Waals surface area contributed by atoms with E-state index in [1.165, 1.54) is 30.5 Å². The molecular formula is C21H20F3N5O3S. The summed E-state index contributed by atoms with van der Waals surface area (Å²) in [6.45, 7) is 0.821. The average Bonchev–Trinajstić information content (AvgIpc) is 2.77. The van der Waals surface area contributed by atoms with Gasteiger partial charge in [-0.05, 0) is 55.7 Å². The molecule has 0 fully saturated rings. The number of alkyl halides is 3. The van der Waals surface area contributed by atoms with Crippen LogP contribution in [0.3, 0.4) is 0 Å². The molecule has 0 saturated heterocycles. The van der Waals surface area contributed by atoms with Crippen LogP contribution in [0.1, 0.15) is 24.8 Å². The highest BCUT2D eigenvalue weighted by Gasteiger charge is 2.36. The van der Waals surface area contributed by atoms with Crippen LogP contribution in [-0.2, 0) is 16.2 Å². The second-order valence-corrected chi connectivity index (χ2v) is 8.88. The normalized spacial score (nSPS) is 16.3. The van der Waals surface area contributed by atoms with E-state index in [0.717, 1.165) is 25.0 Å². The van der Waals surface area contributed by atoms with Crippen molar-refractivity contribution in [1.82, 2.24) is 15.0 Å². The van der Waals surface area contributed by atoms with E-state index in [0.29, 0.717) is 18.8 Å². The number of sulfonamides is 1. The summed E-state index contributed by atoms with van der Waals surface area (Å²) in [6, 6.07) is 9.05. The molecule has 2 N–H and O–H groups in total. The number of halogens is 3. The molecule has 0 amide bonds. The fourth-order valence-corrected chi connectivity index (χ4v) is 4.25. The zero-order chi connectivity index (χ0) is 23.5. The molecule has 3 aromatic heterocycles. The summed E-state index contributed by atoms with van der Waals surface area (Å²) in [5, 5.41) is 2.78. The zero-order valence-electron chi connectivity index (χ0n) is 17.3. The van der Waals surface area contributed by atoms with Crippen molar-refractivity contribution in [2.75, 3.05) is 23.2 Å². The van der Waals surface area contributed by atoms with Gasteiger partial charge in [-0.15, -0.1) is 0 Å². The van der Waals surface area contributed by atoms with Crippen molar-refractivity contribution in [3.63, 3.8) is 0 Å². The number of rotatable bonds is 0. The summed E-state index contributed by atoms with van der Waals surface area (Å²) in [5.41, 5.74) is -1.51. The van der Waals surface area contributed by atoms with Gasteiger partial charge in [0.1, 0.15) is 11.6 Å². The molecule has 0 unspecified atom stereocenters. The van der Waals surface area contributed by atoms with Gasteiger partial charge in [-0.2, -0.15) is 21.6 Å². The van der Waals surface area contributed by atoms with Crippen LogP contribution in [0, 0.1) is 0 Å². The molecule has 0 radical (unpaired) electrons. The van der Waals surface area contributed by atoms with Gasteiger partial charge in [0.05, 0.1) is 23.4 Å². The van der Waals surface area contributed by atoms with Crippen molar-refractivity contribution in [2.24, 2.45) is 0 Å². The van der Waals surface area contributed by atoms with Crippen molar-refractivity contribution < 1.29 is 26.3 Å². The number of ether oxygens (including phenoxy) is 1. The molecule has 33 heavy (non-hydrogen) atoms. The Kier molecular flexibility index (Phi) is 6.36. The van der Waals surface area contributed by atoms with E-state index in [-0.39, 0.29) is 28.9 Å². The lowest BCUT2D eigenvalue weighted by molar-refractivity contribution is -0.137. The molecule has 0 spiro atoms. The lowest BCUT2D eigenvalue weighted by Crippen LogP contribution is -2.17. The highest BCUT2D eigenvalue weighted by atomic mass is 32.2. The molecule has 174 valence electrons. The minimum atomic E-state index is -4.73. The van der Waals surface area contributed by atoms with E-state index in [4.69, 9.17) is 4.74 Å². The summed E-state index contributed by atoms with van der Waals surface area (Å²) in [6.07, 6.45) is -1.14. The van der Waals surface area contributed by atoms with Crippen LogP contribution in [-0.4, -0.2) is 36.5 Å². The first-order valence-corrected chi connectivity index (χ1v) is 11.6. The number of aromatic nitrogens is 3. The molecule has 12 heteroatoms. The van der Waals surface area contributed by atoms with Gasteiger partial charge < -0.3 is 10.1 Å². The molecule has 0 atom stereocenters. The topological polar surface area (TPSA) is 106 Å². The minimum absolute atomic E-state index is 0.00808. The Labute approximate surface area is 188 Å². The molecule has 0 aliphatic carbocycles. The number of hydrogen-bond donors (Lipinski definition) is 2. The fraction of sp³-hybridized carbons (Fsp3) is 0.286. The first-order chi connectivity index (χ1) is 15.7. The largest absolute Gasteiger partial charge is 0.477 e. The number of anilines is 2. The fourth-order valence-electron chi connectivity index (χ4n) is 3.28. The van der Waals surface area contributed by atoms with Crippen LogP contribution in [0.25, 0.3) is 11.3 Å². The van der Waals surface area contributed by atoms with Crippen molar-refractivity contribution in [1.29, 1.82) is 0 Å². The SMILES string of the molecule is O=S1(=O)Nc2ccc(C(F)(F)F)c(n2)-c2cccnc2OCCCCCNc2cccc1n2. The Morgan fingerprint density at radius 3 is 2.61 bits per heavy atom. The quantitative estimate of drug-likeness (QED) is 0.494. The number of nitrogens with zero attached hydrogens (tertiary/aromatic N) is 3. The standard InChI is InChI=1S/C21H20F3N5O3S/c22-21(23,24)15-9-10-17-28-19(15)14-6-5-12-26-20(14)32-13-3-1-2-11-25-16-7-4-8-18(27-16)33(30,31)29-17/h4-10,12H,1-3,11,13H2,(H,25,27)(H,28,29). The third-order valence-electron chi connectivity index (χ3n) is 4.83. The molecule has 4 bridgehead atoms.